The molecule has 3 rings (SSSR count). The van der Waals surface area contributed by atoms with Gasteiger partial charge < -0.3 is 15.0 Å². The monoisotopic (exact) mass is 358 g/mol. The molecule has 1 N–H and O–H groups in total. The quantitative estimate of drug-likeness (QED) is 0.882. The number of benzene rings is 2. The van der Waals surface area contributed by atoms with E-state index in [-0.39, 0.29) is 11.8 Å². The number of halogens is 1. The van der Waals surface area contributed by atoms with E-state index >= 15 is 0 Å². The van der Waals surface area contributed by atoms with Crippen LogP contribution in [0.5, 0.6) is 5.75 Å². The Bertz CT molecular complexity index is 776. The van der Waals surface area contributed by atoms with E-state index in [4.69, 9.17) is 16.3 Å². The number of amides is 2. The zero-order valence-electron chi connectivity index (χ0n) is 13.9. The van der Waals surface area contributed by atoms with E-state index in [0.29, 0.717) is 29.4 Å². The van der Waals surface area contributed by atoms with Crippen molar-refractivity contribution in [3.63, 3.8) is 0 Å². The third kappa shape index (κ3) is 4.31. The van der Waals surface area contributed by atoms with Crippen LogP contribution in [0.25, 0.3) is 0 Å². The van der Waals surface area contributed by atoms with Gasteiger partial charge in [0.2, 0.25) is 5.91 Å². The third-order valence-corrected chi connectivity index (χ3v) is 4.25. The normalized spacial score (nSPS) is 15.1. The van der Waals surface area contributed by atoms with Gasteiger partial charge >= 0.3 is 0 Å². The van der Waals surface area contributed by atoms with E-state index in [0.717, 1.165) is 12.1 Å². The number of rotatable bonds is 5. The number of nitrogens with zero attached hydrogens (tertiary/aromatic N) is 1. The molecule has 0 spiro atoms. The van der Waals surface area contributed by atoms with E-state index in [2.05, 4.69) is 5.32 Å². The number of hydrogen-bond acceptors (Lipinski definition) is 3. The lowest BCUT2D eigenvalue weighted by Gasteiger charge is -2.18. The summed E-state index contributed by atoms with van der Waals surface area (Å²) in [6.45, 7) is 2.39. The van der Waals surface area contributed by atoms with E-state index < -0.39 is 6.10 Å². The summed E-state index contributed by atoms with van der Waals surface area (Å²) >= 11 is 5.83. The molecule has 6 heteroatoms. The van der Waals surface area contributed by atoms with Crippen LogP contribution in [0.1, 0.15) is 19.8 Å². The van der Waals surface area contributed by atoms with Crippen molar-refractivity contribution in [1.29, 1.82) is 0 Å². The third-order valence-electron chi connectivity index (χ3n) is 3.99. The van der Waals surface area contributed by atoms with Gasteiger partial charge in [0.15, 0.2) is 6.10 Å². The van der Waals surface area contributed by atoms with Crippen LogP contribution in [-0.2, 0) is 9.59 Å². The zero-order chi connectivity index (χ0) is 17.8. The second-order valence-electron chi connectivity index (χ2n) is 5.90. The first kappa shape index (κ1) is 17.3. The summed E-state index contributed by atoms with van der Waals surface area (Å²) in [6.07, 6.45) is 0.766. The minimum absolute atomic E-state index is 0.114. The molecule has 1 heterocycles. The van der Waals surface area contributed by atoms with E-state index in [1.54, 1.807) is 48.2 Å². The number of carbonyl (C=O) groups is 2. The van der Waals surface area contributed by atoms with Crippen molar-refractivity contribution in [1.82, 2.24) is 0 Å². The molecular formula is C19H19ClN2O3. The van der Waals surface area contributed by atoms with Crippen LogP contribution < -0.4 is 15.0 Å². The van der Waals surface area contributed by atoms with Crippen molar-refractivity contribution in [3.05, 3.63) is 53.6 Å². The fraction of sp³-hybridized carbons (Fsp3) is 0.263. The van der Waals surface area contributed by atoms with Gasteiger partial charge in [-0.2, -0.15) is 0 Å². The Hall–Kier alpha value is -2.53. The van der Waals surface area contributed by atoms with E-state index in [1.807, 2.05) is 12.1 Å². The number of hydrogen-bond donors (Lipinski definition) is 1. The lowest BCUT2D eigenvalue weighted by Crippen LogP contribution is -2.30. The molecule has 2 aromatic carbocycles. The fourth-order valence-corrected chi connectivity index (χ4v) is 2.81. The summed E-state index contributed by atoms with van der Waals surface area (Å²) in [6, 6.07) is 14.1. The maximum atomic E-state index is 12.3. The molecule has 1 aliphatic heterocycles. The van der Waals surface area contributed by atoms with Gasteiger partial charge in [0, 0.05) is 29.4 Å². The lowest BCUT2D eigenvalue weighted by atomic mass is 10.2. The first-order chi connectivity index (χ1) is 12.0. The molecule has 0 unspecified atom stereocenters. The zero-order valence-corrected chi connectivity index (χ0v) is 14.6. The minimum atomic E-state index is -0.668. The van der Waals surface area contributed by atoms with Gasteiger partial charge in [0.1, 0.15) is 5.75 Å². The SMILES string of the molecule is C[C@@H](Oc1ccc(Cl)cc1)C(=O)Nc1cccc(N2CCCC2=O)c1. The van der Waals surface area contributed by atoms with Crippen molar-refractivity contribution in [3.8, 4) is 5.75 Å². The Morgan fingerprint density at radius 2 is 2.00 bits per heavy atom. The fourth-order valence-electron chi connectivity index (χ4n) is 2.69. The van der Waals surface area contributed by atoms with E-state index in [1.165, 1.54) is 0 Å². The molecule has 1 aliphatic rings. The van der Waals surface area contributed by atoms with Gasteiger partial charge in [-0.25, -0.2) is 0 Å². The Labute approximate surface area is 151 Å². The topological polar surface area (TPSA) is 58.6 Å². The number of anilines is 2. The molecule has 5 nitrogen and oxygen atoms in total. The molecule has 2 aromatic rings. The summed E-state index contributed by atoms with van der Waals surface area (Å²) in [5, 5.41) is 3.43. The second kappa shape index (κ2) is 7.57. The Kier molecular flexibility index (Phi) is 5.24. The van der Waals surface area contributed by atoms with Crippen LogP contribution in [-0.4, -0.2) is 24.5 Å². The van der Waals surface area contributed by atoms with Gasteiger partial charge in [0.25, 0.3) is 5.91 Å². The molecule has 0 saturated carbocycles. The van der Waals surface area contributed by atoms with E-state index in [9.17, 15) is 9.59 Å². The van der Waals surface area contributed by atoms with Gasteiger partial charge in [0.05, 0.1) is 0 Å². The predicted molar refractivity (Wildman–Crippen MR) is 98.2 cm³/mol. The molecule has 1 fully saturated rings. The second-order valence-corrected chi connectivity index (χ2v) is 6.34. The molecule has 0 radical (unpaired) electrons. The Morgan fingerprint density at radius 3 is 2.68 bits per heavy atom. The first-order valence-corrected chi connectivity index (χ1v) is 8.54. The molecular weight excluding hydrogens is 340 g/mol. The number of carbonyl (C=O) groups excluding carboxylic acids is 2. The van der Waals surface area contributed by atoms with Gasteiger partial charge in [-0.1, -0.05) is 17.7 Å². The number of nitrogens with one attached hydrogen (secondary N) is 1. The molecule has 2 amide bonds. The average molecular weight is 359 g/mol. The predicted octanol–water partition coefficient (Wildman–Crippen LogP) is 3.87. The standard InChI is InChI=1S/C19H19ClN2O3/c1-13(25-17-9-7-14(20)8-10-17)19(24)21-15-4-2-5-16(12-15)22-11-3-6-18(22)23/h2,4-5,7-10,12-13H,3,6,11H2,1H3,(H,21,24)/t13-/m1/s1. The van der Waals surface area contributed by atoms with Gasteiger partial charge in [-0.05, 0) is 55.8 Å². The molecule has 1 saturated heterocycles. The van der Waals surface area contributed by atoms with Crippen molar-refractivity contribution >= 4 is 34.8 Å². The molecule has 0 bridgehead atoms. The molecule has 25 heavy (non-hydrogen) atoms. The summed E-state index contributed by atoms with van der Waals surface area (Å²) in [4.78, 5) is 25.9. The summed E-state index contributed by atoms with van der Waals surface area (Å²) in [5.74, 6) is 0.422. The van der Waals surface area contributed by atoms with Crippen LogP contribution in [0.4, 0.5) is 11.4 Å². The smallest absolute Gasteiger partial charge is 0.265 e. The highest BCUT2D eigenvalue weighted by molar-refractivity contribution is 6.30. The van der Waals surface area contributed by atoms with Gasteiger partial charge in [-0.15, -0.1) is 0 Å². The average Bonchev–Trinajstić information content (AvgIpc) is 3.03. The minimum Gasteiger partial charge on any atom is -0.481 e. The molecule has 0 aromatic heterocycles. The van der Waals surface area contributed by atoms with Crippen LogP contribution in [0, 0.1) is 0 Å². The van der Waals surface area contributed by atoms with Crippen LogP contribution in [0.3, 0.4) is 0 Å². The lowest BCUT2D eigenvalue weighted by molar-refractivity contribution is -0.122. The maximum absolute atomic E-state index is 12.3. The van der Waals surface area contributed by atoms with Crippen molar-refractivity contribution in [2.75, 3.05) is 16.8 Å². The summed E-state index contributed by atoms with van der Waals surface area (Å²) in [5.41, 5.74) is 1.43. The van der Waals surface area contributed by atoms with Crippen LogP contribution in [0.2, 0.25) is 5.02 Å². The van der Waals surface area contributed by atoms with Crippen molar-refractivity contribution in [2.24, 2.45) is 0 Å². The maximum Gasteiger partial charge on any atom is 0.265 e. The van der Waals surface area contributed by atoms with Crippen molar-refractivity contribution < 1.29 is 14.3 Å². The van der Waals surface area contributed by atoms with Crippen LogP contribution >= 0.6 is 11.6 Å². The van der Waals surface area contributed by atoms with Gasteiger partial charge in [-0.3, -0.25) is 9.59 Å². The highest BCUT2D eigenvalue weighted by Gasteiger charge is 2.22. The first-order valence-electron chi connectivity index (χ1n) is 8.16. The largest absolute Gasteiger partial charge is 0.481 e. The van der Waals surface area contributed by atoms with Crippen LogP contribution in [0.15, 0.2) is 48.5 Å². The highest BCUT2D eigenvalue weighted by Crippen LogP contribution is 2.24. The highest BCUT2D eigenvalue weighted by atomic mass is 35.5. The van der Waals surface area contributed by atoms with Crippen molar-refractivity contribution in [2.45, 2.75) is 25.9 Å². The molecule has 1 atom stereocenters. The Balaban J connectivity index is 1.64. The molecule has 130 valence electrons. The molecule has 0 aliphatic carbocycles. The summed E-state index contributed by atoms with van der Waals surface area (Å²) < 4.78 is 5.62. The summed E-state index contributed by atoms with van der Waals surface area (Å²) in [7, 11) is 0. The number of ether oxygens (including phenoxy) is 1. The Morgan fingerprint density at radius 1 is 1.24 bits per heavy atom.